The Morgan fingerprint density at radius 1 is 1.16 bits per heavy atom. The fourth-order valence-corrected chi connectivity index (χ4v) is 3.10. The molecule has 0 radical (unpaired) electrons. The van der Waals surface area contributed by atoms with Crippen molar-refractivity contribution in [3.05, 3.63) is 74.3 Å². The minimum atomic E-state index is -0.870. The molecule has 0 saturated carbocycles. The predicted octanol–water partition coefficient (Wildman–Crippen LogP) is 3.43. The van der Waals surface area contributed by atoms with E-state index in [1.807, 2.05) is 12.1 Å². The van der Waals surface area contributed by atoms with E-state index in [9.17, 15) is 19.7 Å². The van der Waals surface area contributed by atoms with Crippen molar-refractivity contribution in [2.24, 2.45) is 0 Å². The number of ketones is 1. The summed E-state index contributed by atoms with van der Waals surface area (Å²) in [7, 11) is 0. The predicted molar refractivity (Wildman–Crippen MR) is 90.9 cm³/mol. The van der Waals surface area contributed by atoms with E-state index < -0.39 is 17.5 Å². The first-order valence-corrected chi connectivity index (χ1v) is 8.03. The maximum atomic E-state index is 12.3. The Hall–Kier alpha value is -3.02. The fraction of sp³-hybridized carbons (Fsp3) is 0.263. The van der Waals surface area contributed by atoms with E-state index >= 15 is 0 Å². The molecule has 6 nitrogen and oxygen atoms in total. The summed E-state index contributed by atoms with van der Waals surface area (Å²) in [6, 6.07) is 9.92. The van der Waals surface area contributed by atoms with Crippen LogP contribution in [0.2, 0.25) is 0 Å². The largest absolute Gasteiger partial charge is 0.454 e. The van der Waals surface area contributed by atoms with Gasteiger partial charge in [0.2, 0.25) is 0 Å². The summed E-state index contributed by atoms with van der Waals surface area (Å²) in [5, 5.41) is 11.1. The van der Waals surface area contributed by atoms with Gasteiger partial charge in [0.1, 0.15) is 5.56 Å². The number of carbonyl (C=O) groups is 2. The van der Waals surface area contributed by atoms with Gasteiger partial charge in [-0.2, -0.15) is 0 Å². The van der Waals surface area contributed by atoms with Gasteiger partial charge in [0.15, 0.2) is 12.4 Å². The lowest BCUT2D eigenvalue weighted by molar-refractivity contribution is -0.385. The number of fused-ring (bicyclic) bond motifs is 1. The van der Waals surface area contributed by atoms with E-state index in [1.165, 1.54) is 11.6 Å². The average Bonchev–Trinajstić information content (AvgIpc) is 3.06. The minimum Gasteiger partial charge on any atom is -0.454 e. The Bertz CT molecular complexity index is 872. The molecule has 0 fully saturated rings. The maximum Gasteiger partial charge on any atom is 0.345 e. The van der Waals surface area contributed by atoms with Gasteiger partial charge >= 0.3 is 5.97 Å². The van der Waals surface area contributed by atoms with E-state index in [-0.39, 0.29) is 17.0 Å². The number of hydrogen-bond acceptors (Lipinski definition) is 5. The molecule has 0 heterocycles. The highest BCUT2D eigenvalue weighted by molar-refractivity contribution is 6.00. The van der Waals surface area contributed by atoms with E-state index in [1.54, 1.807) is 25.1 Å². The van der Waals surface area contributed by atoms with Crippen LogP contribution in [0.5, 0.6) is 0 Å². The number of aryl methyl sites for hydroxylation is 3. The zero-order valence-corrected chi connectivity index (χ0v) is 13.8. The Kier molecular flexibility index (Phi) is 4.61. The van der Waals surface area contributed by atoms with Crippen LogP contribution in [0.15, 0.2) is 36.4 Å². The van der Waals surface area contributed by atoms with E-state index in [0.717, 1.165) is 24.8 Å². The SMILES string of the molecule is Cc1cccc(C(=O)OCC(=O)c2ccc3c(c2)CCC3)c1[N+](=O)[O-]. The standard InChI is InChI=1S/C19H17NO5/c1-12-4-2-7-16(18(12)20(23)24)19(22)25-11-17(21)15-9-8-13-5-3-6-14(13)10-15/h2,4,7-10H,3,5-6,11H2,1H3. The van der Waals surface area contributed by atoms with Crippen molar-refractivity contribution in [1.82, 2.24) is 0 Å². The van der Waals surface area contributed by atoms with E-state index in [0.29, 0.717) is 11.1 Å². The van der Waals surface area contributed by atoms with Crippen LogP contribution in [0.3, 0.4) is 0 Å². The molecule has 3 rings (SSSR count). The first-order chi connectivity index (χ1) is 12.0. The van der Waals surface area contributed by atoms with Crippen LogP contribution >= 0.6 is 0 Å². The summed E-state index contributed by atoms with van der Waals surface area (Å²) in [5.41, 5.74) is 2.83. The third-order valence-electron chi connectivity index (χ3n) is 4.40. The highest BCUT2D eigenvalue weighted by Gasteiger charge is 2.24. The lowest BCUT2D eigenvalue weighted by Gasteiger charge is -2.07. The second-order valence-electron chi connectivity index (χ2n) is 6.06. The first kappa shape index (κ1) is 16.8. The number of nitro benzene ring substituents is 1. The van der Waals surface area contributed by atoms with Crippen molar-refractivity contribution >= 4 is 17.4 Å². The number of carbonyl (C=O) groups excluding carboxylic acids is 2. The van der Waals surface area contributed by atoms with Crippen LogP contribution in [0, 0.1) is 17.0 Å². The van der Waals surface area contributed by atoms with Gasteiger partial charge in [0, 0.05) is 11.1 Å². The number of para-hydroxylation sites is 1. The monoisotopic (exact) mass is 339 g/mol. The van der Waals surface area contributed by atoms with Gasteiger partial charge in [-0.3, -0.25) is 14.9 Å². The average molecular weight is 339 g/mol. The van der Waals surface area contributed by atoms with Gasteiger partial charge in [0.25, 0.3) is 5.69 Å². The molecule has 0 saturated heterocycles. The second-order valence-corrected chi connectivity index (χ2v) is 6.06. The number of ether oxygens (including phenoxy) is 1. The van der Waals surface area contributed by atoms with Crippen molar-refractivity contribution in [3.8, 4) is 0 Å². The van der Waals surface area contributed by atoms with Crippen molar-refractivity contribution in [3.63, 3.8) is 0 Å². The minimum absolute atomic E-state index is 0.147. The number of benzene rings is 2. The molecule has 0 bridgehead atoms. The van der Waals surface area contributed by atoms with Gasteiger partial charge < -0.3 is 4.74 Å². The van der Waals surface area contributed by atoms with E-state index in [2.05, 4.69) is 0 Å². The topological polar surface area (TPSA) is 86.5 Å². The molecule has 0 atom stereocenters. The summed E-state index contributed by atoms with van der Waals surface area (Å²) in [5.74, 6) is -1.19. The number of nitrogens with zero attached hydrogens (tertiary/aromatic N) is 1. The second kappa shape index (κ2) is 6.84. The lowest BCUT2D eigenvalue weighted by Crippen LogP contribution is -2.16. The fourth-order valence-electron chi connectivity index (χ4n) is 3.10. The van der Waals surface area contributed by atoms with Gasteiger partial charge in [-0.05, 0) is 49.4 Å². The molecule has 25 heavy (non-hydrogen) atoms. The number of esters is 1. The van der Waals surface area contributed by atoms with Crippen LogP contribution in [0.4, 0.5) is 5.69 Å². The van der Waals surface area contributed by atoms with Crippen molar-refractivity contribution in [1.29, 1.82) is 0 Å². The third kappa shape index (κ3) is 3.42. The molecule has 0 aromatic heterocycles. The molecule has 0 spiro atoms. The normalized spacial score (nSPS) is 12.5. The van der Waals surface area contributed by atoms with Crippen molar-refractivity contribution in [2.45, 2.75) is 26.2 Å². The summed E-state index contributed by atoms with van der Waals surface area (Å²) >= 11 is 0. The zero-order chi connectivity index (χ0) is 18.0. The zero-order valence-electron chi connectivity index (χ0n) is 13.8. The molecular weight excluding hydrogens is 322 g/mol. The van der Waals surface area contributed by atoms with Crippen LogP contribution in [-0.2, 0) is 17.6 Å². The molecule has 2 aromatic carbocycles. The van der Waals surface area contributed by atoms with Gasteiger partial charge in [-0.25, -0.2) is 4.79 Å². The Morgan fingerprint density at radius 3 is 2.68 bits per heavy atom. The smallest absolute Gasteiger partial charge is 0.345 e. The molecule has 2 aromatic rings. The summed E-state index contributed by atoms with van der Waals surface area (Å²) in [6.45, 7) is 1.10. The first-order valence-electron chi connectivity index (χ1n) is 8.03. The third-order valence-corrected chi connectivity index (χ3v) is 4.40. The summed E-state index contributed by atoms with van der Waals surface area (Å²) in [6.07, 6.45) is 3.06. The van der Waals surface area contributed by atoms with Crippen LogP contribution in [-0.4, -0.2) is 23.3 Å². The van der Waals surface area contributed by atoms with Crippen molar-refractivity contribution < 1.29 is 19.2 Å². The molecule has 6 heteroatoms. The van der Waals surface area contributed by atoms with Crippen LogP contribution in [0.1, 0.15) is 43.8 Å². The number of rotatable bonds is 5. The lowest BCUT2D eigenvalue weighted by atomic mass is 10.0. The van der Waals surface area contributed by atoms with Crippen molar-refractivity contribution in [2.75, 3.05) is 6.61 Å². The number of Topliss-reactive ketones (excluding diaryl/α,β-unsaturated/α-hetero) is 1. The van der Waals surface area contributed by atoms with Gasteiger partial charge in [-0.1, -0.05) is 24.3 Å². The van der Waals surface area contributed by atoms with E-state index in [4.69, 9.17) is 4.74 Å². The number of nitro groups is 1. The quantitative estimate of drug-likeness (QED) is 0.360. The molecule has 128 valence electrons. The molecule has 0 amide bonds. The van der Waals surface area contributed by atoms with Gasteiger partial charge in [0.05, 0.1) is 4.92 Å². The summed E-state index contributed by atoms with van der Waals surface area (Å²) < 4.78 is 5.02. The molecule has 0 aliphatic heterocycles. The Labute approximate surface area is 144 Å². The Balaban J connectivity index is 1.72. The van der Waals surface area contributed by atoms with Crippen LogP contribution < -0.4 is 0 Å². The molecular formula is C19H17NO5. The Morgan fingerprint density at radius 2 is 1.92 bits per heavy atom. The molecule has 1 aliphatic carbocycles. The number of hydrogen-bond donors (Lipinski definition) is 0. The molecule has 0 N–H and O–H groups in total. The van der Waals surface area contributed by atoms with Crippen LogP contribution in [0.25, 0.3) is 0 Å². The maximum absolute atomic E-state index is 12.3. The van der Waals surface area contributed by atoms with Gasteiger partial charge in [-0.15, -0.1) is 0 Å². The molecule has 1 aliphatic rings. The summed E-state index contributed by atoms with van der Waals surface area (Å²) in [4.78, 5) is 35.0. The highest BCUT2D eigenvalue weighted by Crippen LogP contribution is 2.25. The molecule has 0 unspecified atom stereocenters. The highest BCUT2D eigenvalue weighted by atomic mass is 16.6.